The van der Waals surface area contributed by atoms with Crippen LogP contribution in [0.2, 0.25) is 5.02 Å². The van der Waals surface area contributed by atoms with Crippen LogP contribution in [0.25, 0.3) is 0 Å². The van der Waals surface area contributed by atoms with Crippen LogP contribution in [-0.4, -0.2) is 26.2 Å². The van der Waals surface area contributed by atoms with E-state index in [9.17, 15) is 4.79 Å². The standard InChI is InChI=1S/C23H22ClNO3S/c1-27-21-4-2-3-5-22(21)28-15-14-25-23(26)18-8-6-17(7-9-18)16-29-20-12-10-19(24)11-13-20/h2-13H,14-16H2,1H3,(H,25,26). The molecule has 0 aliphatic heterocycles. The van der Waals surface area contributed by atoms with Gasteiger partial charge < -0.3 is 14.8 Å². The Hall–Kier alpha value is -2.63. The number of carbonyl (C=O) groups is 1. The fourth-order valence-electron chi connectivity index (χ4n) is 2.62. The third-order valence-electron chi connectivity index (χ3n) is 4.15. The summed E-state index contributed by atoms with van der Waals surface area (Å²) in [4.78, 5) is 13.5. The summed E-state index contributed by atoms with van der Waals surface area (Å²) in [7, 11) is 1.60. The first kappa shape index (κ1) is 21.1. The molecular formula is C23H22ClNO3S. The zero-order chi connectivity index (χ0) is 20.5. The van der Waals surface area contributed by atoms with Gasteiger partial charge in [0.05, 0.1) is 13.7 Å². The van der Waals surface area contributed by atoms with Gasteiger partial charge in [0, 0.05) is 21.2 Å². The summed E-state index contributed by atoms with van der Waals surface area (Å²) >= 11 is 7.63. The lowest BCUT2D eigenvalue weighted by Crippen LogP contribution is -2.28. The summed E-state index contributed by atoms with van der Waals surface area (Å²) in [5.74, 6) is 2.04. The molecule has 4 nitrogen and oxygen atoms in total. The Bertz CT molecular complexity index is 930. The van der Waals surface area contributed by atoms with Gasteiger partial charge in [-0.15, -0.1) is 11.8 Å². The van der Waals surface area contributed by atoms with E-state index < -0.39 is 0 Å². The van der Waals surface area contributed by atoms with Crippen molar-refractivity contribution >= 4 is 29.3 Å². The molecule has 0 spiro atoms. The predicted octanol–water partition coefficient (Wildman–Crippen LogP) is 5.45. The van der Waals surface area contributed by atoms with Gasteiger partial charge in [-0.3, -0.25) is 4.79 Å². The molecule has 29 heavy (non-hydrogen) atoms. The third kappa shape index (κ3) is 6.44. The molecule has 0 radical (unpaired) electrons. The van der Waals surface area contributed by atoms with E-state index in [2.05, 4.69) is 5.32 Å². The SMILES string of the molecule is COc1ccccc1OCCNC(=O)c1ccc(CSc2ccc(Cl)cc2)cc1. The second-order valence-corrected chi connectivity index (χ2v) is 7.68. The van der Waals surface area contributed by atoms with Crippen LogP contribution in [0.5, 0.6) is 11.5 Å². The van der Waals surface area contributed by atoms with Crippen molar-refractivity contribution < 1.29 is 14.3 Å². The minimum Gasteiger partial charge on any atom is -0.493 e. The van der Waals surface area contributed by atoms with E-state index in [1.54, 1.807) is 18.9 Å². The third-order valence-corrected chi connectivity index (χ3v) is 5.48. The maximum atomic E-state index is 12.3. The van der Waals surface area contributed by atoms with Gasteiger partial charge in [-0.1, -0.05) is 35.9 Å². The maximum absolute atomic E-state index is 12.3. The number of benzene rings is 3. The normalized spacial score (nSPS) is 10.4. The van der Waals surface area contributed by atoms with Crippen LogP contribution in [0, 0.1) is 0 Å². The topological polar surface area (TPSA) is 47.6 Å². The molecule has 0 bridgehead atoms. The van der Waals surface area contributed by atoms with Gasteiger partial charge in [-0.05, 0) is 54.1 Å². The Balaban J connectivity index is 1.43. The molecule has 0 saturated carbocycles. The molecule has 1 N–H and O–H groups in total. The highest BCUT2D eigenvalue weighted by Gasteiger charge is 2.06. The van der Waals surface area contributed by atoms with E-state index in [0.29, 0.717) is 30.2 Å². The van der Waals surface area contributed by atoms with E-state index in [1.165, 1.54) is 0 Å². The molecular weight excluding hydrogens is 406 g/mol. The lowest BCUT2D eigenvalue weighted by molar-refractivity contribution is 0.0947. The van der Waals surface area contributed by atoms with Crippen LogP contribution < -0.4 is 14.8 Å². The van der Waals surface area contributed by atoms with E-state index >= 15 is 0 Å². The van der Waals surface area contributed by atoms with Crippen molar-refractivity contribution in [1.29, 1.82) is 0 Å². The molecule has 3 aromatic carbocycles. The number of nitrogens with one attached hydrogen (secondary N) is 1. The Morgan fingerprint density at radius 2 is 1.66 bits per heavy atom. The molecule has 3 rings (SSSR count). The van der Waals surface area contributed by atoms with Crippen LogP contribution >= 0.6 is 23.4 Å². The number of para-hydroxylation sites is 2. The van der Waals surface area contributed by atoms with Gasteiger partial charge in [0.25, 0.3) is 5.91 Å². The summed E-state index contributed by atoms with van der Waals surface area (Å²) in [5, 5.41) is 3.60. The molecule has 0 atom stereocenters. The molecule has 3 aromatic rings. The van der Waals surface area contributed by atoms with Crippen molar-refractivity contribution in [3.05, 3.63) is 88.9 Å². The van der Waals surface area contributed by atoms with Crippen LogP contribution in [0.4, 0.5) is 0 Å². The monoisotopic (exact) mass is 427 g/mol. The lowest BCUT2D eigenvalue weighted by Gasteiger charge is -2.11. The van der Waals surface area contributed by atoms with Gasteiger partial charge in [-0.2, -0.15) is 0 Å². The Morgan fingerprint density at radius 3 is 2.34 bits per heavy atom. The van der Waals surface area contributed by atoms with Crippen molar-refractivity contribution in [3.63, 3.8) is 0 Å². The number of hydrogen-bond donors (Lipinski definition) is 1. The van der Waals surface area contributed by atoms with Crippen molar-refractivity contribution in [2.45, 2.75) is 10.6 Å². The molecule has 0 aliphatic rings. The number of amides is 1. The van der Waals surface area contributed by atoms with Gasteiger partial charge in [0.15, 0.2) is 11.5 Å². The van der Waals surface area contributed by atoms with Gasteiger partial charge >= 0.3 is 0 Å². The average Bonchev–Trinajstić information content (AvgIpc) is 2.77. The second kappa shape index (κ2) is 10.8. The number of carbonyl (C=O) groups excluding carboxylic acids is 1. The quantitative estimate of drug-likeness (QED) is 0.364. The number of rotatable bonds is 9. The fraction of sp³-hybridized carbons (Fsp3) is 0.174. The molecule has 1 amide bonds. The highest BCUT2D eigenvalue weighted by atomic mass is 35.5. The molecule has 0 heterocycles. The van der Waals surface area contributed by atoms with Crippen LogP contribution in [0.3, 0.4) is 0 Å². The molecule has 0 saturated heterocycles. The van der Waals surface area contributed by atoms with E-state index in [0.717, 1.165) is 21.2 Å². The molecule has 0 fully saturated rings. The summed E-state index contributed by atoms with van der Waals surface area (Å²) in [5.41, 5.74) is 1.78. The maximum Gasteiger partial charge on any atom is 0.251 e. The highest BCUT2D eigenvalue weighted by molar-refractivity contribution is 7.98. The molecule has 0 aliphatic carbocycles. The highest BCUT2D eigenvalue weighted by Crippen LogP contribution is 2.26. The number of halogens is 1. The van der Waals surface area contributed by atoms with E-state index in [4.69, 9.17) is 21.1 Å². The molecule has 150 valence electrons. The number of ether oxygens (including phenoxy) is 2. The Kier molecular flexibility index (Phi) is 7.85. The van der Waals surface area contributed by atoms with Crippen LogP contribution in [0.15, 0.2) is 77.7 Å². The average molecular weight is 428 g/mol. The van der Waals surface area contributed by atoms with Gasteiger partial charge in [-0.25, -0.2) is 0 Å². The minimum atomic E-state index is -0.120. The first-order valence-electron chi connectivity index (χ1n) is 9.17. The summed E-state index contributed by atoms with van der Waals surface area (Å²) in [6.07, 6.45) is 0. The van der Waals surface area contributed by atoms with Crippen molar-refractivity contribution in [3.8, 4) is 11.5 Å². The van der Waals surface area contributed by atoms with Crippen molar-refractivity contribution in [1.82, 2.24) is 5.32 Å². The smallest absolute Gasteiger partial charge is 0.251 e. The Morgan fingerprint density at radius 1 is 0.966 bits per heavy atom. The van der Waals surface area contributed by atoms with Gasteiger partial charge in [0.1, 0.15) is 6.61 Å². The van der Waals surface area contributed by atoms with E-state index in [1.807, 2.05) is 72.8 Å². The summed E-state index contributed by atoms with van der Waals surface area (Å²) < 4.78 is 10.9. The van der Waals surface area contributed by atoms with Crippen molar-refractivity contribution in [2.24, 2.45) is 0 Å². The number of thioether (sulfide) groups is 1. The zero-order valence-corrected chi connectivity index (χ0v) is 17.6. The number of methoxy groups -OCH3 is 1. The van der Waals surface area contributed by atoms with Crippen molar-refractivity contribution in [2.75, 3.05) is 20.3 Å². The zero-order valence-electron chi connectivity index (χ0n) is 16.1. The summed E-state index contributed by atoms with van der Waals surface area (Å²) in [6, 6.07) is 22.8. The largest absolute Gasteiger partial charge is 0.493 e. The number of hydrogen-bond acceptors (Lipinski definition) is 4. The second-order valence-electron chi connectivity index (χ2n) is 6.19. The van der Waals surface area contributed by atoms with Crippen LogP contribution in [0.1, 0.15) is 15.9 Å². The molecule has 0 unspecified atom stereocenters. The Labute approximate surface area is 180 Å². The molecule has 0 aromatic heterocycles. The first-order chi connectivity index (χ1) is 14.2. The van der Waals surface area contributed by atoms with Gasteiger partial charge in [0.2, 0.25) is 0 Å². The summed E-state index contributed by atoms with van der Waals surface area (Å²) in [6.45, 7) is 0.771. The first-order valence-corrected chi connectivity index (χ1v) is 10.5. The molecule has 6 heteroatoms. The fourth-order valence-corrected chi connectivity index (χ4v) is 3.60. The predicted molar refractivity (Wildman–Crippen MR) is 118 cm³/mol. The van der Waals surface area contributed by atoms with Crippen LogP contribution in [-0.2, 0) is 5.75 Å². The van der Waals surface area contributed by atoms with E-state index in [-0.39, 0.29) is 5.91 Å². The minimum absolute atomic E-state index is 0.120. The lowest BCUT2D eigenvalue weighted by atomic mass is 10.1.